The van der Waals surface area contributed by atoms with Crippen molar-refractivity contribution in [2.24, 2.45) is 0 Å². The van der Waals surface area contributed by atoms with Crippen LogP contribution < -0.4 is 10.3 Å². The van der Waals surface area contributed by atoms with E-state index in [1.165, 1.54) is 6.33 Å². The monoisotopic (exact) mass is 375 g/mol. The van der Waals surface area contributed by atoms with Gasteiger partial charge in [0, 0.05) is 23.9 Å². The predicted octanol–water partition coefficient (Wildman–Crippen LogP) is 3.53. The third kappa shape index (κ3) is 3.54. The van der Waals surface area contributed by atoms with Crippen LogP contribution in [-0.2, 0) is 0 Å². The van der Waals surface area contributed by atoms with Gasteiger partial charge in [-0.05, 0) is 36.8 Å². The molecule has 6 nitrogen and oxygen atoms in total. The number of nitrogens with one attached hydrogen (secondary N) is 1. The number of hydrogen-bond acceptors (Lipinski definition) is 4. The lowest BCUT2D eigenvalue weighted by Gasteiger charge is -2.08. The van der Waals surface area contributed by atoms with Crippen molar-refractivity contribution < 1.29 is 9.84 Å². The molecule has 0 saturated heterocycles. The molecular weight excluding hydrogens is 354 g/mol. The van der Waals surface area contributed by atoms with Crippen LogP contribution in [0.4, 0.5) is 0 Å². The quantitative estimate of drug-likeness (QED) is 0.540. The molecule has 142 valence electrons. The van der Waals surface area contributed by atoms with E-state index in [1.807, 2.05) is 65.4 Å². The molecule has 4 aromatic rings. The Kier molecular flexibility index (Phi) is 4.95. The van der Waals surface area contributed by atoms with Crippen LogP contribution in [0.3, 0.4) is 0 Å². The zero-order chi connectivity index (χ0) is 19.5. The standard InChI is InChI=1S/C22H21N3O3/c1-15(26)11-12-28-18-9-7-16(8-10-18)19-13-25(17-5-3-2-4-6-17)21-20(19)22(27)24-14-23-21/h2-10,13-15,26H,11-12H2,1H3,(H,23,24,27)/t15-/m0/s1. The zero-order valence-corrected chi connectivity index (χ0v) is 15.5. The number of aliphatic hydroxyl groups excluding tert-OH is 1. The van der Waals surface area contributed by atoms with Crippen molar-refractivity contribution in [2.45, 2.75) is 19.4 Å². The van der Waals surface area contributed by atoms with Gasteiger partial charge in [0.15, 0.2) is 5.65 Å². The van der Waals surface area contributed by atoms with Crippen molar-refractivity contribution in [3.05, 3.63) is 77.5 Å². The largest absolute Gasteiger partial charge is 0.493 e. The number of rotatable bonds is 6. The average Bonchev–Trinajstić information content (AvgIpc) is 3.10. The molecule has 0 unspecified atom stereocenters. The van der Waals surface area contributed by atoms with Crippen LogP contribution in [0.2, 0.25) is 0 Å². The molecule has 0 saturated carbocycles. The lowest BCUT2D eigenvalue weighted by molar-refractivity contribution is 0.155. The Labute approximate surface area is 162 Å². The van der Waals surface area contributed by atoms with Gasteiger partial charge in [0.25, 0.3) is 5.56 Å². The number of nitrogens with zero attached hydrogens (tertiary/aromatic N) is 2. The van der Waals surface area contributed by atoms with Gasteiger partial charge in [-0.2, -0.15) is 0 Å². The highest BCUT2D eigenvalue weighted by Crippen LogP contribution is 2.30. The molecule has 28 heavy (non-hydrogen) atoms. The van der Waals surface area contributed by atoms with Crippen LogP contribution in [0.5, 0.6) is 5.75 Å². The smallest absolute Gasteiger partial charge is 0.260 e. The number of H-pyrrole nitrogens is 1. The van der Waals surface area contributed by atoms with Gasteiger partial charge in [-0.15, -0.1) is 0 Å². The molecule has 4 rings (SSSR count). The number of aromatic nitrogens is 3. The number of para-hydroxylation sites is 1. The predicted molar refractivity (Wildman–Crippen MR) is 109 cm³/mol. The van der Waals surface area contributed by atoms with E-state index in [4.69, 9.17) is 4.74 Å². The summed E-state index contributed by atoms with van der Waals surface area (Å²) in [4.78, 5) is 19.6. The van der Waals surface area contributed by atoms with E-state index in [0.29, 0.717) is 24.1 Å². The van der Waals surface area contributed by atoms with E-state index in [0.717, 1.165) is 22.6 Å². The maximum Gasteiger partial charge on any atom is 0.260 e. The summed E-state index contributed by atoms with van der Waals surface area (Å²) in [5, 5.41) is 9.88. The molecule has 6 heteroatoms. The topological polar surface area (TPSA) is 80.1 Å². The average molecular weight is 375 g/mol. The Balaban J connectivity index is 1.74. The van der Waals surface area contributed by atoms with Crippen LogP contribution in [0.25, 0.3) is 27.8 Å². The molecule has 0 radical (unpaired) electrons. The van der Waals surface area contributed by atoms with Crippen LogP contribution in [0, 0.1) is 0 Å². The van der Waals surface area contributed by atoms with Crippen molar-refractivity contribution >= 4 is 11.0 Å². The maximum atomic E-state index is 12.5. The number of benzene rings is 2. The minimum atomic E-state index is -0.386. The highest BCUT2D eigenvalue weighted by Gasteiger charge is 2.15. The fourth-order valence-corrected chi connectivity index (χ4v) is 3.15. The van der Waals surface area contributed by atoms with Crippen molar-refractivity contribution in [1.29, 1.82) is 0 Å². The number of fused-ring (bicyclic) bond motifs is 1. The number of hydrogen-bond donors (Lipinski definition) is 2. The number of aromatic amines is 1. The molecule has 2 aromatic carbocycles. The Morgan fingerprint density at radius 3 is 2.61 bits per heavy atom. The molecule has 0 aliphatic heterocycles. The van der Waals surface area contributed by atoms with Crippen LogP contribution in [0.1, 0.15) is 13.3 Å². The van der Waals surface area contributed by atoms with Gasteiger partial charge in [0.05, 0.1) is 24.4 Å². The molecule has 0 amide bonds. The van der Waals surface area contributed by atoms with Gasteiger partial charge in [-0.3, -0.25) is 4.79 Å². The lowest BCUT2D eigenvalue weighted by Crippen LogP contribution is -2.07. The summed E-state index contributed by atoms with van der Waals surface area (Å²) in [6.45, 7) is 2.19. The third-order valence-corrected chi connectivity index (χ3v) is 4.59. The molecule has 2 aromatic heterocycles. The number of ether oxygens (including phenoxy) is 1. The summed E-state index contributed by atoms with van der Waals surface area (Å²) in [6, 6.07) is 17.4. The summed E-state index contributed by atoms with van der Waals surface area (Å²) in [5.74, 6) is 0.725. The maximum absolute atomic E-state index is 12.5. The van der Waals surface area contributed by atoms with E-state index < -0.39 is 0 Å². The van der Waals surface area contributed by atoms with Crippen molar-refractivity contribution in [3.63, 3.8) is 0 Å². The van der Waals surface area contributed by atoms with Gasteiger partial charge in [0.1, 0.15) is 5.75 Å². The van der Waals surface area contributed by atoms with E-state index >= 15 is 0 Å². The molecule has 1 atom stereocenters. The number of aliphatic hydroxyl groups is 1. The molecular formula is C22H21N3O3. The Hall–Kier alpha value is -3.38. The normalized spacial score (nSPS) is 12.2. The Morgan fingerprint density at radius 1 is 1.14 bits per heavy atom. The van der Waals surface area contributed by atoms with Crippen molar-refractivity contribution in [3.8, 4) is 22.6 Å². The summed E-state index contributed by atoms with van der Waals surface area (Å²) in [6.07, 6.45) is 3.55. The third-order valence-electron chi connectivity index (χ3n) is 4.59. The highest BCUT2D eigenvalue weighted by atomic mass is 16.5. The fraction of sp³-hybridized carbons (Fsp3) is 0.182. The summed E-state index contributed by atoms with van der Waals surface area (Å²) in [7, 11) is 0. The van der Waals surface area contributed by atoms with Gasteiger partial charge in [-0.25, -0.2) is 4.98 Å². The fourth-order valence-electron chi connectivity index (χ4n) is 3.15. The molecule has 0 fully saturated rings. The second-order valence-electron chi connectivity index (χ2n) is 6.69. The summed E-state index contributed by atoms with van der Waals surface area (Å²) in [5.41, 5.74) is 3.09. The van der Waals surface area contributed by atoms with Gasteiger partial charge < -0.3 is 19.4 Å². The minimum Gasteiger partial charge on any atom is -0.493 e. The first kappa shape index (κ1) is 18.0. The molecule has 0 aliphatic carbocycles. The first-order valence-corrected chi connectivity index (χ1v) is 9.19. The van der Waals surface area contributed by atoms with E-state index in [-0.39, 0.29) is 11.7 Å². The Bertz CT molecular complexity index is 1130. The lowest BCUT2D eigenvalue weighted by atomic mass is 10.1. The second kappa shape index (κ2) is 7.70. The Morgan fingerprint density at radius 2 is 1.89 bits per heavy atom. The van der Waals surface area contributed by atoms with Crippen LogP contribution >= 0.6 is 0 Å². The van der Waals surface area contributed by atoms with Crippen molar-refractivity contribution in [2.75, 3.05) is 6.61 Å². The molecule has 0 spiro atoms. The zero-order valence-electron chi connectivity index (χ0n) is 15.5. The first-order valence-electron chi connectivity index (χ1n) is 9.19. The molecule has 2 heterocycles. The van der Waals surface area contributed by atoms with E-state index in [9.17, 15) is 9.90 Å². The van der Waals surface area contributed by atoms with E-state index in [1.54, 1.807) is 6.92 Å². The highest BCUT2D eigenvalue weighted by molar-refractivity contribution is 5.94. The molecule has 0 bridgehead atoms. The SMILES string of the molecule is C[C@H](O)CCOc1ccc(-c2cn(-c3ccccc3)c3nc[nH]c(=O)c23)cc1. The van der Waals surface area contributed by atoms with Crippen molar-refractivity contribution in [1.82, 2.24) is 14.5 Å². The summed E-state index contributed by atoms with van der Waals surface area (Å²) < 4.78 is 7.57. The van der Waals surface area contributed by atoms with Crippen LogP contribution in [-0.4, -0.2) is 32.4 Å². The van der Waals surface area contributed by atoms with Gasteiger partial charge >= 0.3 is 0 Å². The first-order chi connectivity index (χ1) is 13.6. The molecule has 2 N–H and O–H groups in total. The van der Waals surface area contributed by atoms with Gasteiger partial charge in [0.2, 0.25) is 0 Å². The summed E-state index contributed by atoms with van der Waals surface area (Å²) >= 11 is 0. The van der Waals surface area contributed by atoms with Gasteiger partial charge in [-0.1, -0.05) is 30.3 Å². The van der Waals surface area contributed by atoms with E-state index in [2.05, 4.69) is 9.97 Å². The van der Waals surface area contributed by atoms with Crippen LogP contribution in [0.15, 0.2) is 71.9 Å². The minimum absolute atomic E-state index is 0.174. The second-order valence-corrected chi connectivity index (χ2v) is 6.69. The molecule has 0 aliphatic rings.